The lowest BCUT2D eigenvalue weighted by atomic mass is 9.89. The summed E-state index contributed by atoms with van der Waals surface area (Å²) < 4.78 is 4.36. The molecule has 6 heteroatoms. The molecule has 9 rings (SSSR count). The zero-order chi connectivity index (χ0) is 32.5. The van der Waals surface area contributed by atoms with Gasteiger partial charge in [0.05, 0.1) is 22.1 Å². The summed E-state index contributed by atoms with van der Waals surface area (Å²) >= 11 is 0. The predicted molar refractivity (Wildman–Crippen MR) is 193 cm³/mol. The normalized spacial score (nSPS) is 11.7. The van der Waals surface area contributed by atoms with Crippen molar-refractivity contribution in [2.45, 2.75) is 0 Å². The molecule has 0 spiro atoms. The number of aromatic nitrogens is 2. The zero-order valence-corrected chi connectivity index (χ0v) is 25.5. The van der Waals surface area contributed by atoms with Crippen molar-refractivity contribution in [1.82, 2.24) is 9.13 Å². The van der Waals surface area contributed by atoms with Crippen LogP contribution in [0.5, 0.6) is 23.0 Å². The van der Waals surface area contributed by atoms with Crippen LogP contribution >= 0.6 is 0 Å². The minimum absolute atomic E-state index is 0.0183. The molecule has 230 valence electrons. The van der Waals surface area contributed by atoms with Crippen molar-refractivity contribution >= 4 is 43.6 Å². The third-order valence-corrected chi connectivity index (χ3v) is 9.25. The highest BCUT2D eigenvalue weighted by molar-refractivity contribution is 6.33. The zero-order valence-electron chi connectivity index (χ0n) is 25.5. The van der Waals surface area contributed by atoms with E-state index in [1.807, 2.05) is 84.9 Å². The van der Waals surface area contributed by atoms with Crippen molar-refractivity contribution in [3.63, 3.8) is 0 Å². The third-order valence-electron chi connectivity index (χ3n) is 9.25. The summed E-state index contributed by atoms with van der Waals surface area (Å²) in [6.45, 7) is 0. The van der Waals surface area contributed by atoms with E-state index >= 15 is 0 Å². The van der Waals surface area contributed by atoms with E-state index in [1.54, 1.807) is 12.1 Å². The standard InChI is InChI=1S/C42H28N2O4/c45-27-19-21-35(47)31(23-27)39-38-30-16-8-10-18-34(30)44(26-13-5-2-6-14-26)42(38)40(32-24-28(46)20-22-36(32)48)37-29-15-7-9-17-33(29)43(41(37)39)25-11-3-1-4-12-25/h1-24,45-48H. The highest BCUT2D eigenvalue weighted by atomic mass is 16.3. The van der Waals surface area contributed by atoms with Gasteiger partial charge in [-0.2, -0.15) is 0 Å². The van der Waals surface area contributed by atoms with Crippen LogP contribution in [0.15, 0.2) is 146 Å². The Morgan fingerprint density at radius 3 is 1.17 bits per heavy atom. The molecule has 4 N–H and O–H groups in total. The Hall–Kier alpha value is -6.66. The van der Waals surface area contributed by atoms with E-state index in [-0.39, 0.29) is 23.0 Å². The number of para-hydroxylation sites is 4. The van der Waals surface area contributed by atoms with Gasteiger partial charge in [0, 0.05) is 55.2 Å². The number of fused-ring (bicyclic) bond motifs is 6. The van der Waals surface area contributed by atoms with Crippen LogP contribution in [0.2, 0.25) is 0 Å². The topological polar surface area (TPSA) is 90.8 Å². The summed E-state index contributed by atoms with van der Waals surface area (Å²) in [7, 11) is 0. The molecule has 0 saturated carbocycles. The Morgan fingerprint density at radius 2 is 0.750 bits per heavy atom. The van der Waals surface area contributed by atoms with Crippen molar-refractivity contribution in [3.05, 3.63) is 146 Å². The molecule has 0 atom stereocenters. The van der Waals surface area contributed by atoms with E-state index in [4.69, 9.17) is 0 Å². The van der Waals surface area contributed by atoms with Crippen LogP contribution in [0.25, 0.3) is 77.2 Å². The maximum Gasteiger partial charge on any atom is 0.123 e. The minimum atomic E-state index is 0.0183. The Morgan fingerprint density at radius 1 is 0.375 bits per heavy atom. The summed E-state index contributed by atoms with van der Waals surface area (Å²) in [6.07, 6.45) is 0. The Balaban J connectivity index is 1.70. The Kier molecular flexibility index (Phi) is 6.01. The lowest BCUT2D eigenvalue weighted by Crippen LogP contribution is -1.99. The molecule has 0 saturated heterocycles. The molecule has 0 aliphatic carbocycles. The summed E-state index contributed by atoms with van der Waals surface area (Å²) in [5.74, 6) is 0.0791. The van der Waals surface area contributed by atoms with Gasteiger partial charge in [0.1, 0.15) is 23.0 Å². The summed E-state index contributed by atoms with van der Waals surface area (Å²) in [4.78, 5) is 0. The lowest BCUT2D eigenvalue weighted by Gasteiger charge is -2.19. The average Bonchev–Trinajstić information content (AvgIpc) is 3.64. The van der Waals surface area contributed by atoms with Crippen LogP contribution in [-0.2, 0) is 0 Å². The van der Waals surface area contributed by atoms with Gasteiger partial charge in [-0.15, -0.1) is 0 Å². The second kappa shape index (κ2) is 10.4. The maximum absolute atomic E-state index is 11.6. The molecule has 0 amide bonds. The largest absolute Gasteiger partial charge is 0.508 e. The number of rotatable bonds is 4. The van der Waals surface area contributed by atoms with E-state index in [0.29, 0.717) is 11.1 Å². The average molecular weight is 625 g/mol. The van der Waals surface area contributed by atoms with E-state index < -0.39 is 0 Å². The fourth-order valence-electron chi connectivity index (χ4n) is 7.36. The van der Waals surface area contributed by atoms with Gasteiger partial charge in [-0.25, -0.2) is 0 Å². The Labute approximate surface area is 274 Å². The summed E-state index contributed by atoms with van der Waals surface area (Å²) in [5.41, 5.74) is 7.59. The number of phenolic OH excluding ortho intramolecular Hbond substituents is 4. The SMILES string of the molecule is Oc1ccc(O)c(-c2c3c4ccccc4n(-c4ccccc4)c3c(-c3cc(O)ccc3O)c3c4ccccc4n(-c4ccccc4)c23)c1. The van der Waals surface area contributed by atoms with E-state index in [2.05, 4.69) is 33.4 Å². The maximum atomic E-state index is 11.6. The van der Waals surface area contributed by atoms with Crippen molar-refractivity contribution in [1.29, 1.82) is 0 Å². The van der Waals surface area contributed by atoms with Crippen LogP contribution in [0.3, 0.4) is 0 Å². The van der Waals surface area contributed by atoms with Crippen molar-refractivity contribution in [3.8, 4) is 56.6 Å². The van der Waals surface area contributed by atoms with Gasteiger partial charge in [0.15, 0.2) is 0 Å². The highest BCUT2D eigenvalue weighted by Crippen LogP contribution is 2.54. The first-order valence-electron chi connectivity index (χ1n) is 15.7. The number of hydrogen-bond donors (Lipinski definition) is 4. The number of phenols is 4. The molecule has 0 unspecified atom stereocenters. The van der Waals surface area contributed by atoms with E-state index in [9.17, 15) is 20.4 Å². The van der Waals surface area contributed by atoms with Gasteiger partial charge in [-0.1, -0.05) is 72.8 Å². The van der Waals surface area contributed by atoms with Gasteiger partial charge in [-0.3, -0.25) is 0 Å². The monoisotopic (exact) mass is 624 g/mol. The lowest BCUT2D eigenvalue weighted by molar-refractivity contribution is 0.462. The molecule has 9 aromatic rings. The van der Waals surface area contributed by atoms with Crippen molar-refractivity contribution in [2.75, 3.05) is 0 Å². The second-order valence-corrected chi connectivity index (χ2v) is 12.0. The fourth-order valence-corrected chi connectivity index (χ4v) is 7.36. The van der Waals surface area contributed by atoms with Gasteiger partial charge in [0.2, 0.25) is 0 Å². The second-order valence-electron chi connectivity index (χ2n) is 12.0. The smallest absolute Gasteiger partial charge is 0.123 e. The number of nitrogens with zero attached hydrogens (tertiary/aromatic N) is 2. The number of hydrogen-bond acceptors (Lipinski definition) is 4. The van der Waals surface area contributed by atoms with Crippen molar-refractivity contribution < 1.29 is 20.4 Å². The van der Waals surface area contributed by atoms with Crippen LogP contribution < -0.4 is 0 Å². The molecule has 0 aliphatic heterocycles. The molecule has 0 aliphatic rings. The molecule has 7 aromatic carbocycles. The Bertz CT molecular complexity index is 2520. The van der Waals surface area contributed by atoms with Crippen LogP contribution in [0, 0.1) is 0 Å². The molecule has 6 nitrogen and oxygen atoms in total. The van der Waals surface area contributed by atoms with Crippen LogP contribution in [-0.4, -0.2) is 29.6 Å². The first-order valence-corrected chi connectivity index (χ1v) is 15.7. The molecule has 48 heavy (non-hydrogen) atoms. The molecular weight excluding hydrogens is 596 g/mol. The summed E-state index contributed by atoms with van der Waals surface area (Å²) in [5, 5.41) is 48.5. The molecule has 0 fully saturated rings. The van der Waals surface area contributed by atoms with Crippen molar-refractivity contribution in [2.24, 2.45) is 0 Å². The molecule has 2 heterocycles. The van der Waals surface area contributed by atoms with E-state index in [1.165, 1.54) is 24.3 Å². The highest BCUT2D eigenvalue weighted by Gasteiger charge is 2.30. The van der Waals surface area contributed by atoms with Gasteiger partial charge >= 0.3 is 0 Å². The fraction of sp³-hybridized carbons (Fsp3) is 0. The van der Waals surface area contributed by atoms with Crippen LogP contribution in [0.4, 0.5) is 0 Å². The van der Waals surface area contributed by atoms with Gasteiger partial charge < -0.3 is 29.6 Å². The van der Waals surface area contributed by atoms with Gasteiger partial charge in [0.25, 0.3) is 0 Å². The predicted octanol–water partition coefficient (Wildman–Crippen LogP) is 10.0. The minimum Gasteiger partial charge on any atom is -0.508 e. The first kappa shape index (κ1) is 27.6. The quantitative estimate of drug-likeness (QED) is 0.147. The first-order chi connectivity index (χ1) is 23.5. The molecule has 2 aromatic heterocycles. The molecular formula is C42H28N2O4. The molecule has 0 radical (unpaired) electrons. The van der Waals surface area contributed by atoms with Gasteiger partial charge in [-0.05, 0) is 72.8 Å². The third kappa shape index (κ3) is 3.93. The summed E-state index contributed by atoms with van der Waals surface area (Å²) in [6, 6.07) is 45.5. The number of benzene rings is 7. The van der Waals surface area contributed by atoms with E-state index in [0.717, 1.165) is 66.1 Å². The van der Waals surface area contributed by atoms with Crippen LogP contribution in [0.1, 0.15) is 0 Å². The number of aromatic hydroxyl groups is 4. The molecule has 0 bridgehead atoms.